The molecule has 2 N–H and O–H groups in total. The van der Waals surface area contributed by atoms with Crippen LogP contribution in [0.5, 0.6) is 0 Å². The first-order valence-electron chi connectivity index (χ1n) is 6.19. The SMILES string of the molecule is Cc1ccc([C@H](O)CNC(=O)C2CCCC2)o1. The van der Waals surface area contributed by atoms with Crippen LogP contribution < -0.4 is 5.32 Å². The second-order valence-corrected chi connectivity index (χ2v) is 4.69. The van der Waals surface area contributed by atoms with Gasteiger partial charge in [-0.25, -0.2) is 0 Å². The molecule has 1 aliphatic carbocycles. The maximum atomic E-state index is 11.7. The minimum absolute atomic E-state index is 0.0600. The molecular formula is C13H19NO3. The van der Waals surface area contributed by atoms with Crippen LogP contribution in [0.15, 0.2) is 16.5 Å². The Labute approximate surface area is 101 Å². The molecule has 0 spiro atoms. The van der Waals surface area contributed by atoms with Gasteiger partial charge in [0.05, 0.1) is 6.54 Å². The van der Waals surface area contributed by atoms with Gasteiger partial charge in [-0.15, -0.1) is 0 Å². The highest BCUT2D eigenvalue weighted by molar-refractivity contribution is 5.78. The van der Waals surface area contributed by atoms with E-state index >= 15 is 0 Å². The summed E-state index contributed by atoms with van der Waals surface area (Å²) < 4.78 is 5.30. The number of hydrogen-bond donors (Lipinski definition) is 2. The first-order chi connectivity index (χ1) is 8.16. The molecule has 0 radical (unpaired) electrons. The summed E-state index contributed by atoms with van der Waals surface area (Å²) in [6.07, 6.45) is 3.47. The van der Waals surface area contributed by atoms with Crippen molar-refractivity contribution >= 4 is 5.91 Å². The number of rotatable bonds is 4. The zero-order valence-corrected chi connectivity index (χ0v) is 10.1. The zero-order chi connectivity index (χ0) is 12.3. The predicted octanol–water partition coefficient (Wildman–Crippen LogP) is 1.93. The molecule has 0 aliphatic heterocycles. The van der Waals surface area contributed by atoms with Gasteiger partial charge in [-0.3, -0.25) is 4.79 Å². The van der Waals surface area contributed by atoms with Gasteiger partial charge in [0.15, 0.2) is 0 Å². The summed E-state index contributed by atoms with van der Waals surface area (Å²) in [5.74, 6) is 1.47. The molecule has 0 bridgehead atoms. The van der Waals surface area contributed by atoms with E-state index in [1.807, 2.05) is 6.92 Å². The maximum Gasteiger partial charge on any atom is 0.223 e. The Kier molecular flexibility index (Phi) is 3.84. The summed E-state index contributed by atoms with van der Waals surface area (Å²) in [4.78, 5) is 11.7. The number of amides is 1. The van der Waals surface area contributed by atoms with E-state index in [1.54, 1.807) is 12.1 Å². The molecule has 1 heterocycles. The lowest BCUT2D eigenvalue weighted by Gasteiger charge is -2.12. The molecule has 1 aliphatic rings. The minimum Gasteiger partial charge on any atom is -0.464 e. The highest BCUT2D eigenvalue weighted by atomic mass is 16.4. The maximum absolute atomic E-state index is 11.7. The van der Waals surface area contributed by atoms with Crippen LogP contribution in [-0.2, 0) is 4.79 Å². The highest BCUT2D eigenvalue weighted by Gasteiger charge is 2.23. The van der Waals surface area contributed by atoms with Crippen LogP contribution in [0.2, 0.25) is 0 Å². The monoisotopic (exact) mass is 237 g/mol. The first kappa shape index (κ1) is 12.2. The molecule has 1 atom stereocenters. The van der Waals surface area contributed by atoms with Crippen LogP contribution in [0.25, 0.3) is 0 Å². The van der Waals surface area contributed by atoms with E-state index < -0.39 is 6.10 Å². The van der Waals surface area contributed by atoms with E-state index in [9.17, 15) is 9.90 Å². The van der Waals surface area contributed by atoms with Gasteiger partial charge < -0.3 is 14.8 Å². The molecule has 1 fully saturated rings. The predicted molar refractivity (Wildman–Crippen MR) is 63.4 cm³/mol. The fourth-order valence-electron chi connectivity index (χ4n) is 2.26. The third kappa shape index (κ3) is 3.09. The van der Waals surface area contributed by atoms with Gasteiger partial charge in [0, 0.05) is 5.92 Å². The fraction of sp³-hybridized carbons (Fsp3) is 0.615. The van der Waals surface area contributed by atoms with Gasteiger partial charge in [-0.05, 0) is 31.9 Å². The molecule has 94 valence electrons. The summed E-state index contributed by atoms with van der Waals surface area (Å²) in [5, 5.41) is 12.6. The lowest BCUT2D eigenvalue weighted by atomic mass is 10.1. The Morgan fingerprint density at radius 3 is 2.82 bits per heavy atom. The Morgan fingerprint density at radius 1 is 1.53 bits per heavy atom. The zero-order valence-electron chi connectivity index (χ0n) is 10.1. The van der Waals surface area contributed by atoms with E-state index in [0.717, 1.165) is 31.4 Å². The molecule has 2 rings (SSSR count). The van der Waals surface area contributed by atoms with Crippen molar-refractivity contribution in [3.63, 3.8) is 0 Å². The summed E-state index contributed by atoms with van der Waals surface area (Å²) in [6, 6.07) is 3.54. The average Bonchev–Trinajstić information content (AvgIpc) is 2.95. The Bertz CT molecular complexity index is 380. The van der Waals surface area contributed by atoms with Gasteiger partial charge in [-0.1, -0.05) is 12.8 Å². The molecule has 4 nitrogen and oxygen atoms in total. The smallest absolute Gasteiger partial charge is 0.223 e. The summed E-state index contributed by atoms with van der Waals surface area (Å²) in [6.45, 7) is 2.05. The molecule has 1 saturated carbocycles. The topological polar surface area (TPSA) is 62.5 Å². The number of carbonyl (C=O) groups excluding carboxylic acids is 1. The molecule has 17 heavy (non-hydrogen) atoms. The van der Waals surface area contributed by atoms with Crippen LogP contribution in [0, 0.1) is 12.8 Å². The largest absolute Gasteiger partial charge is 0.464 e. The summed E-state index contributed by atoms with van der Waals surface area (Å²) >= 11 is 0. The lowest BCUT2D eigenvalue weighted by molar-refractivity contribution is -0.125. The molecule has 1 amide bonds. The Hall–Kier alpha value is -1.29. The second kappa shape index (κ2) is 5.36. The third-order valence-corrected chi connectivity index (χ3v) is 3.29. The number of aliphatic hydroxyl groups is 1. The average molecular weight is 237 g/mol. The molecule has 0 unspecified atom stereocenters. The number of nitrogens with one attached hydrogen (secondary N) is 1. The van der Waals surface area contributed by atoms with Crippen molar-refractivity contribution in [1.82, 2.24) is 5.32 Å². The first-order valence-corrected chi connectivity index (χ1v) is 6.19. The van der Waals surface area contributed by atoms with Crippen molar-refractivity contribution in [3.05, 3.63) is 23.7 Å². The van der Waals surface area contributed by atoms with Crippen LogP contribution in [-0.4, -0.2) is 17.6 Å². The van der Waals surface area contributed by atoms with E-state index in [2.05, 4.69) is 5.32 Å². The van der Waals surface area contributed by atoms with Crippen molar-refractivity contribution in [2.75, 3.05) is 6.54 Å². The molecule has 4 heteroatoms. The van der Waals surface area contributed by atoms with Gasteiger partial charge in [0.1, 0.15) is 17.6 Å². The van der Waals surface area contributed by atoms with Crippen LogP contribution in [0.1, 0.15) is 43.3 Å². The summed E-state index contributed by atoms with van der Waals surface area (Å²) in [5.41, 5.74) is 0. The highest BCUT2D eigenvalue weighted by Crippen LogP contribution is 2.24. The summed E-state index contributed by atoms with van der Waals surface area (Å²) in [7, 11) is 0. The van der Waals surface area contributed by atoms with E-state index in [4.69, 9.17) is 4.42 Å². The van der Waals surface area contributed by atoms with E-state index in [0.29, 0.717) is 5.76 Å². The molecule has 0 saturated heterocycles. The van der Waals surface area contributed by atoms with E-state index in [1.165, 1.54) is 0 Å². The number of aryl methyl sites for hydroxylation is 1. The number of hydrogen-bond acceptors (Lipinski definition) is 3. The van der Waals surface area contributed by atoms with Crippen molar-refractivity contribution in [3.8, 4) is 0 Å². The normalized spacial score (nSPS) is 18.2. The van der Waals surface area contributed by atoms with Crippen molar-refractivity contribution in [1.29, 1.82) is 0 Å². The van der Waals surface area contributed by atoms with Crippen molar-refractivity contribution in [2.45, 2.75) is 38.7 Å². The number of furan rings is 1. The fourth-order valence-corrected chi connectivity index (χ4v) is 2.26. The standard InChI is InChI=1S/C13H19NO3/c1-9-6-7-12(17-9)11(15)8-14-13(16)10-4-2-3-5-10/h6-7,10-11,15H,2-5,8H2,1H3,(H,14,16)/t11-/m1/s1. The van der Waals surface area contributed by atoms with Gasteiger partial charge >= 0.3 is 0 Å². The Morgan fingerprint density at radius 2 is 2.24 bits per heavy atom. The Balaban J connectivity index is 1.79. The molecule has 1 aromatic rings. The van der Waals surface area contributed by atoms with Crippen molar-refractivity contribution < 1.29 is 14.3 Å². The van der Waals surface area contributed by atoms with Crippen LogP contribution >= 0.6 is 0 Å². The van der Waals surface area contributed by atoms with Gasteiger partial charge in [-0.2, -0.15) is 0 Å². The van der Waals surface area contributed by atoms with Crippen molar-refractivity contribution in [2.24, 2.45) is 5.92 Å². The van der Waals surface area contributed by atoms with E-state index in [-0.39, 0.29) is 18.4 Å². The van der Waals surface area contributed by atoms with Crippen LogP contribution in [0.4, 0.5) is 0 Å². The second-order valence-electron chi connectivity index (χ2n) is 4.69. The van der Waals surface area contributed by atoms with Gasteiger partial charge in [0.2, 0.25) is 5.91 Å². The minimum atomic E-state index is -0.756. The van der Waals surface area contributed by atoms with Gasteiger partial charge in [0.25, 0.3) is 0 Å². The lowest BCUT2D eigenvalue weighted by Crippen LogP contribution is -2.32. The van der Waals surface area contributed by atoms with Crippen LogP contribution in [0.3, 0.4) is 0 Å². The molecule has 0 aromatic carbocycles. The quantitative estimate of drug-likeness (QED) is 0.841. The number of carbonyl (C=O) groups is 1. The third-order valence-electron chi connectivity index (χ3n) is 3.29. The molecule has 1 aromatic heterocycles. The molecular weight excluding hydrogens is 218 g/mol. The number of aliphatic hydroxyl groups excluding tert-OH is 1.